The normalized spacial score (nSPS) is 15.7. The van der Waals surface area contributed by atoms with E-state index in [1.165, 1.54) is 152 Å². The average Bonchev–Trinajstić information content (AvgIpc) is 3.67. The van der Waals surface area contributed by atoms with Gasteiger partial charge in [-0.3, -0.25) is 9.59 Å². The minimum absolute atomic E-state index is 0.0245. The molecule has 0 saturated carbocycles. The maximum Gasteiger partial charge on any atom is 0.150 e. The smallest absolute Gasteiger partial charge is 0.150 e. The second-order valence-electron chi connectivity index (χ2n) is 18.3. The summed E-state index contributed by atoms with van der Waals surface area (Å²) in [4.78, 5) is 23.1. The molecule has 308 valence electrons. The van der Waals surface area contributed by atoms with Gasteiger partial charge in [0.2, 0.25) is 0 Å². The number of aryl methyl sites for hydroxylation is 4. The zero-order valence-corrected chi connectivity index (χ0v) is 36.6. The SMILES string of the molecule is CCCCCCCCCC1(CCCCCCCC)c2cc(C)ccc2-c2cc3c(cc21)-c1ccc(C)cc1C3(CCc1ccc(C=O)cc1)CCc1ccc(C=O)cc1. The van der Waals surface area contributed by atoms with Gasteiger partial charge >= 0.3 is 0 Å². The van der Waals surface area contributed by atoms with Crippen LogP contribution >= 0.6 is 0 Å². The summed E-state index contributed by atoms with van der Waals surface area (Å²) in [6.45, 7) is 9.17. The predicted octanol–water partition coefficient (Wildman–Crippen LogP) is 15.6. The summed E-state index contributed by atoms with van der Waals surface area (Å²) >= 11 is 0. The summed E-state index contributed by atoms with van der Waals surface area (Å²) in [7, 11) is 0. The molecule has 0 bridgehead atoms. The second-order valence-corrected chi connectivity index (χ2v) is 18.3. The van der Waals surface area contributed by atoms with Crippen LogP contribution < -0.4 is 0 Å². The van der Waals surface area contributed by atoms with Gasteiger partial charge in [-0.1, -0.05) is 193 Å². The summed E-state index contributed by atoms with van der Waals surface area (Å²) in [5, 5.41) is 0. The molecule has 1 unspecified atom stereocenters. The molecule has 2 nitrogen and oxygen atoms in total. The molecular weight excluding hydrogens is 717 g/mol. The van der Waals surface area contributed by atoms with Gasteiger partial charge in [-0.25, -0.2) is 0 Å². The van der Waals surface area contributed by atoms with Crippen LogP contribution in [0.4, 0.5) is 0 Å². The first-order valence-electron chi connectivity index (χ1n) is 23.4. The molecule has 2 aliphatic rings. The van der Waals surface area contributed by atoms with E-state index in [-0.39, 0.29) is 10.8 Å². The number of rotatable bonds is 23. The van der Waals surface area contributed by atoms with Crippen molar-refractivity contribution in [2.45, 2.75) is 161 Å². The number of hydrogen-bond acceptors (Lipinski definition) is 2. The monoisotopic (exact) mass is 785 g/mol. The third-order valence-corrected chi connectivity index (χ3v) is 14.2. The Morgan fingerprint density at radius 1 is 0.390 bits per heavy atom. The van der Waals surface area contributed by atoms with Crippen LogP contribution in [0.25, 0.3) is 22.3 Å². The van der Waals surface area contributed by atoms with E-state index in [0.29, 0.717) is 0 Å². The van der Waals surface area contributed by atoms with Crippen molar-refractivity contribution >= 4 is 12.6 Å². The number of benzene rings is 5. The minimum atomic E-state index is -0.202. The average molecular weight is 785 g/mol. The highest BCUT2D eigenvalue weighted by atomic mass is 16.1. The largest absolute Gasteiger partial charge is 0.298 e. The zero-order chi connectivity index (χ0) is 41.2. The minimum Gasteiger partial charge on any atom is -0.298 e. The van der Waals surface area contributed by atoms with Gasteiger partial charge in [-0.05, 0) is 120 Å². The van der Waals surface area contributed by atoms with Crippen LogP contribution in [-0.2, 0) is 23.7 Å². The van der Waals surface area contributed by atoms with Crippen molar-refractivity contribution in [2.75, 3.05) is 0 Å². The molecule has 0 spiro atoms. The van der Waals surface area contributed by atoms with Crippen molar-refractivity contribution in [2.24, 2.45) is 0 Å². The van der Waals surface area contributed by atoms with Crippen molar-refractivity contribution < 1.29 is 9.59 Å². The van der Waals surface area contributed by atoms with Crippen molar-refractivity contribution in [1.29, 1.82) is 0 Å². The van der Waals surface area contributed by atoms with Gasteiger partial charge in [-0.2, -0.15) is 0 Å². The van der Waals surface area contributed by atoms with E-state index < -0.39 is 0 Å². The van der Waals surface area contributed by atoms with Gasteiger partial charge in [0, 0.05) is 22.0 Å². The fourth-order valence-corrected chi connectivity index (χ4v) is 10.9. The van der Waals surface area contributed by atoms with E-state index in [4.69, 9.17) is 0 Å². The lowest BCUT2D eigenvalue weighted by molar-refractivity contribution is 0.111. The summed E-state index contributed by atoms with van der Waals surface area (Å²) < 4.78 is 0. The van der Waals surface area contributed by atoms with Crippen molar-refractivity contribution in [3.05, 3.63) is 153 Å². The molecule has 0 radical (unpaired) electrons. The Kier molecular flexibility index (Phi) is 14.2. The van der Waals surface area contributed by atoms with E-state index in [0.717, 1.165) is 49.4 Å². The second kappa shape index (κ2) is 19.7. The first-order chi connectivity index (χ1) is 28.9. The molecule has 5 aromatic rings. The molecule has 0 saturated heterocycles. The van der Waals surface area contributed by atoms with E-state index >= 15 is 0 Å². The van der Waals surface area contributed by atoms with Crippen molar-refractivity contribution in [3.8, 4) is 22.3 Å². The van der Waals surface area contributed by atoms with Crippen LogP contribution in [0.2, 0.25) is 0 Å². The maximum atomic E-state index is 11.6. The Hall–Kier alpha value is -4.56. The third kappa shape index (κ3) is 9.13. The molecular formula is C57H68O2. The molecule has 2 aliphatic carbocycles. The number of fused-ring (bicyclic) bond motifs is 6. The molecule has 0 aromatic heterocycles. The molecule has 1 atom stereocenters. The van der Waals surface area contributed by atoms with E-state index in [1.807, 2.05) is 24.3 Å². The van der Waals surface area contributed by atoms with Gasteiger partial charge in [-0.15, -0.1) is 0 Å². The van der Waals surface area contributed by atoms with Crippen LogP contribution in [0.5, 0.6) is 0 Å². The highest BCUT2D eigenvalue weighted by molar-refractivity contribution is 5.90. The summed E-state index contributed by atoms with van der Waals surface area (Å²) in [6.07, 6.45) is 25.3. The highest BCUT2D eigenvalue weighted by Gasteiger charge is 2.48. The lowest BCUT2D eigenvalue weighted by Crippen LogP contribution is -2.28. The maximum absolute atomic E-state index is 11.6. The fourth-order valence-electron chi connectivity index (χ4n) is 10.9. The van der Waals surface area contributed by atoms with Crippen molar-refractivity contribution in [1.82, 2.24) is 0 Å². The van der Waals surface area contributed by atoms with Crippen LogP contribution in [0.15, 0.2) is 97.1 Å². The Bertz CT molecular complexity index is 2130. The van der Waals surface area contributed by atoms with Crippen LogP contribution in [0, 0.1) is 13.8 Å². The van der Waals surface area contributed by atoms with E-state index in [2.05, 4.69) is 100 Å². The number of aldehydes is 2. The Labute approximate surface area is 356 Å². The molecule has 7 rings (SSSR count). The zero-order valence-electron chi connectivity index (χ0n) is 36.6. The molecule has 5 aromatic carbocycles. The quantitative estimate of drug-likeness (QED) is 0.0488. The Morgan fingerprint density at radius 2 is 0.746 bits per heavy atom. The third-order valence-electron chi connectivity index (χ3n) is 14.2. The summed E-state index contributed by atoms with van der Waals surface area (Å²) in [5.74, 6) is 0. The molecule has 0 N–H and O–H groups in total. The van der Waals surface area contributed by atoms with Crippen LogP contribution in [0.1, 0.15) is 188 Å². The predicted molar refractivity (Wildman–Crippen MR) is 249 cm³/mol. The summed E-state index contributed by atoms with van der Waals surface area (Å²) in [6, 6.07) is 36.4. The Balaban J connectivity index is 1.35. The number of carbonyl (C=O) groups excluding carboxylic acids is 2. The van der Waals surface area contributed by atoms with Gasteiger partial charge < -0.3 is 0 Å². The van der Waals surface area contributed by atoms with Gasteiger partial charge in [0.15, 0.2) is 0 Å². The lowest BCUT2D eigenvalue weighted by atomic mass is 9.68. The standard InChI is InChI=1S/C57H68O2/c1-5-7-9-11-13-15-17-33-56(32-16-14-12-10-8-6-2)52-36-42(3)18-28-48(52)50-39-55-51(38-54(50)56)49-29-19-43(4)37-53(49)57(55,34-30-44-20-24-46(40-58)25-21-44)35-31-45-22-26-47(41-59)27-23-45/h18-29,36-41H,5-17,30-35H2,1-4H3. The molecule has 0 aliphatic heterocycles. The van der Waals surface area contributed by atoms with E-state index in [1.54, 1.807) is 11.1 Å². The van der Waals surface area contributed by atoms with Crippen molar-refractivity contribution in [3.63, 3.8) is 0 Å². The number of unbranched alkanes of at least 4 members (excludes halogenated alkanes) is 11. The van der Waals surface area contributed by atoms with E-state index in [9.17, 15) is 9.59 Å². The fraction of sp³-hybridized carbons (Fsp3) is 0.439. The lowest BCUT2D eigenvalue weighted by Gasteiger charge is -2.35. The molecule has 0 amide bonds. The van der Waals surface area contributed by atoms with Crippen LogP contribution in [-0.4, -0.2) is 12.6 Å². The first-order valence-corrected chi connectivity index (χ1v) is 23.4. The highest BCUT2D eigenvalue weighted by Crippen LogP contribution is 2.61. The molecule has 0 fully saturated rings. The Morgan fingerprint density at radius 3 is 1.14 bits per heavy atom. The van der Waals surface area contributed by atoms with Gasteiger partial charge in [0.25, 0.3) is 0 Å². The topological polar surface area (TPSA) is 34.1 Å². The van der Waals surface area contributed by atoms with Crippen LogP contribution in [0.3, 0.4) is 0 Å². The van der Waals surface area contributed by atoms with Gasteiger partial charge in [0.1, 0.15) is 12.6 Å². The van der Waals surface area contributed by atoms with Gasteiger partial charge in [0.05, 0.1) is 0 Å². The number of carbonyl (C=O) groups is 2. The molecule has 59 heavy (non-hydrogen) atoms. The first kappa shape index (κ1) is 42.6. The molecule has 0 heterocycles. The summed E-state index contributed by atoms with van der Waals surface area (Å²) in [5.41, 5.74) is 18.3. The number of hydrogen-bond donors (Lipinski definition) is 0. The molecule has 2 heteroatoms.